The Hall–Kier alpha value is -8.41. The number of nitrogens with zero attached hydrogens (tertiary/aromatic N) is 5. The van der Waals surface area contributed by atoms with Gasteiger partial charge in [-0.15, -0.1) is 0 Å². The van der Waals surface area contributed by atoms with E-state index in [1.54, 1.807) is 0 Å². The van der Waals surface area contributed by atoms with E-state index < -0.39 is 0 Å². The molecule has 12 aromatic rings. The zero-order valence-electron chi connectivity index (χ0n) is 33.6. The van der Waals surface area contributed by atoms with E-state index in [-0.39, 0.29) is 0 Å². The topological polar surface area (TPSA) is 48.5 Å². The highest BCUT2D eigenvalue weighted by Gasteiger charge is 2.23. The summed E-state index contributed by atoms with van der Waals surface area (Å²) in [6.45, 7) is 0. The van der Waals surface area contributed by atoms with Gasteiger partial charge in [-0.25, -0.2) is 4.98 Å². The van der Waals surface area contributed by atoms with E-state index in [9.17, 15) is 0 Å². The summed E-state index contributed by atoms with van der Waals surface area (Å²) in [5.74, 6) is 1.80. The summed E-state index contributed by atoms with van der Waals surface area (Å²) < 4.78 is 4.70. The van der Waals surface area contributed by atoms with Gasteiger partial charge in [-0.1, -0.05) is 200 Å². The summed E-state index contributed by atoms with van der Waals surface area (Å²) in [5.41, 5.74) is 14.3. The van der Waals surface area contributed by atoms with Crippen LogP contribution in [-0.2, 0) is 0 Å². The van der Waals surface area contributed by atoms with Gasteiger partial charge in [0.2, 0.25) is 5.95 Å². The normalized spacial score (nSPS) is 11.5. The van der Waals surface area contributed by atoms with Crippen LogP contribution in [0.4, 0.5) is 0 Å². The van der Waals surface area contributed by atoms with Gasteiger partial charge < -0.3 is 4.57 Å². The second-order valence-corrected chi connectivity index (χ2v) is 15.6. The predicted molar refractivity (Wildman–Crippen MR) is 256 cm³/mol. The highest BCUT2D eigenvalue weighted by Crippen LogP contribution is 2.44. The maximum absolute atomic E-state index is 5.30. The number of hydrogen-bond acceptors (Lipinski definition) is 3. The monoisotopic (exact) mass is 791 g/mol. The van der Waals surface area contributed by atoms with Crippen LogP contribution in [-0.4, -0.2) is 24.1 Å². The van der Waals surface area contributed by atoms with E-state index in [0.717, 1.165) is 66.2 Å². The lowest BCUT2D eigenvalue weighted by molar-refractivity contribution is 0.954. The molecule has 0 aliphatic carbocycles. The molecular formula is C57H37N5. The summed E-state index contributed by atoms with van der Waals surface area (Å²) in [6.07, 6.45) is 0. The van der Waals surface area contributed by atoms with Crippen molar-refractivity contribution >= 4 is 43.6 Å². The largest absolute Gasteiger partial charge is 0.308 e. The maximum atomic E-state index is 5.30. The van der Waals surface area contributed by atoms with Gasteiger partial charge in [0.15, 0.2) is 11.6 Å². The van der Waals surface area contributed by atoms with Crippen LogP contribution >= 0.6 is 0 Å². The van der Waals surface area contributed by atoms with E-state index in [2.05, 4.69) is 209 Å². The van der Waals surface area contributed by atoms with Crippen LogP contribution in [0.2, 0.25) is 0 Å². The molecule has 0 N–H and O–H groups in total. The Morgan fingerprint density at radius 2 is 0.645 bits per heavy atom. The number of fused-ring (bicyclic) bond motifs is 6. The number of rotatable bonds is 7. The Kier molecular flexibility index (Phi) is 8.42. The molecule has 0 saturated heterocycles. The van der Waals surface area contributed by atoms with Gasteiger partial charge in [0.1, 0.15) is 0 Å². The van der Waals surface area contributed by atoms with Crippen molar-refractivity contribution in [3.05, 3.63) is 224 Å². The van der Waals surface area contributed by atoms with Gasteiger partial charge in [0.25, 0.3) is 0 Å². The molecule has 5 nitrogen and oxygen atoms in total. The van der Waals surface area contributed by atoms with Crippen molar-refractivity contribution in [1.82, 2.24) is 24.1 Å². The summed E-state index contributed by atoms with van der Waals surface area (Å²) in [4.78, 5) is 15.7. The zero-order chi connectivity index (χ0) is 41.0. The Balaban J connectivity index is 1.14. The minimum absolute atomic E-state index is 0.566. The molecule has 0 aliphatic rings. The molecular weight excluding hydrogens is 755 g/mol. The minimum Gasteiger partial charge on any atom is -0.308 e. The van der Waals surface area contributed by atoms with Gasteiger partial charge in [-0.05, 0) is 46.5 Å². The van der Waals surface area contributed by atoms with E-state index >= 15 is 0 Å². The highest BCUT2D eigenvalue weighted by atomic mass is 15.2. The van der Waals surface area contributed by atoms with Crippen molar-refractivity contribution in [2.75, 3.05) is 0 Å². The summed E-state index contributed by atoms with van der Waals surface area (Å²) in [6, 6.07) is 79.4. The Bertz CT molecular complexity index is 3540. The molecule has 0 aliphatic heterocycles. The molecule has 12 rings (SSSR count). The lowest BCUT2D eigenvalue weighted by atomic mass is 9.95. The van der Waals surface area contributed by atoms with Gasteiger partial charge in [-0.3, -0.25) is 4.57 Å². The fourth-order valence-electron chi connectivity index (χ4n) is 9.13. The van der Waals surface area contributed by atoms with Crippen molar-refractivity contribution in [3.63, 3.8) is 0 Å². The van der Waals surface area contributed by atoms with Crippen molar-refractivity contribution in [2.24, 2.45) is 0 Å². The number of para-hydroxylation sites is 3. The molecule has 62 heavy (non-hydrogen) atoms. The van der Waals surface area contributed by atoms with Gasteiger partial charge in [-0.2, -0.15) is 9.97 Å². The molecule has 0 bridgehead atoms. The van der Waals surface area contributed by atoms with E-state index in [1.807, 2.05) is 24.3 Å². The van der Waals surface area contributed by atoms with Gasteiger partial charge in [0.05, 0.1) is 27.8 Å². The van der Waals surface area contributed by atoms with Crippen LogP contribution in [0.3, 0.4) is 0 Å². The van der Waals surface area contributed by atoms with Crippen molar-refractivity contribution in [2.45, 2.75) is 0 Å². The first-order valence-electron chi connectivity index (χ1n) is 21.0. The van der Waals surface area contributed by atoms with Crippen molar-refractivity contribution in [1.29, 1.82) is 0 Å². The van der Waals surface area contributed by atoms with Crippen molar-refractivity contribution in [3.8, 4) is 67.8 Å². The molecule has 0 spiro atoms. The van der Waals surface area contributed by atoms with Crippen LogP contribution in [0.25, 0.3) is 111 Å². The third-order valence-corrected chi connectivity index (χ3v) is 12.0. The maximum Gasteiger partial charge on any atom is 0.238 e. The zero-order valence-corrected chi connectivity index (χ0v) is 33.6. The first-order chi connectivity index (χ1) is 30.8. The molecule has 0 unspecified atom stereocenters. The Labute approximate surface area is 358 Å². The van der Waals surface area contributed by atoms with E-state index in [0.29, 0.717) is 17.6 Å². The lowest BCUT2D eigenvalue weighted by Gasteiger charge is -2.19. The average Bonchev–Trinajstić information content (AvgIpc) is 3.85. The molecule has 9 aromatic carbocycles. The quantitative estimate of drug-likeness (QED) is 0.162. The minimum atomic E-state index is 0.566. The first-order valence-corrected chi connectivity index (χ1v) is 21.0. The molecule has 0 fully saturated rings. The number of hydrogen-bond donors (Lipinski definition) is 0. The fraction of sp³-hybridized carbons (Fsp3) is 0. The standard InChI is InChI=1S/C57H37N5/c1-5-18-38(19-6-1)39-32-34-43(35-33-39)56-58-55(42-24-11-4-12-25-42)59-57(60-56)62-51-31-16-14-27-47(51)49-36-52-48(37-53(49)62)46-26-13-15-30-50(46)61(52)54-44(40-20-7-2-8-21-40)28-17-29-45(54)41-22-9-3-10-23-41/h1-37H. The summed E-state index contributed by atoms with van der Waals surface area (Å²) in [7, 11) is 0. The molecule has 3 aromatic heterocycles. The van der Waals surface area contributed by atoms with Crippen LogP contribution in [0.15, 0.2) is 224 Å². The Morgan fingerprint density at radius 3 is 1.18 bits per heavy atom. The third-order valence-electron chi connectivity index (χ3n) is 12.0. The van der Waals surface area contributed by atoms with Crippen LogP contribution < -0.4 is 0 Å². The second-order valence-electron chi connectivity index (χ2n) is 15.6. The molecule has 0 atom stereocenters. The molecule has 5 heteroatoms. The molecule has 3 heterocycles. The Morgan fingerprint density at radius 1 is 0.258 bits per heavy atom. The van der Waals surface area contributed by atoms with Gasteiger partial charge >= 0.3 is 0 Å². The average molecular weight is 792 g/mol. The van der Waals surface area contributed by atoms with Crippen LogP contribution in [0, 0.1) is 0 Å². The van der Waals surface area contributed by atoms with Crippen molar-refractivity contribution < 1.29 is 0 Å². The molecule has 0 amide bonds. The van der Waals surface area contributed by atoms with Crippen LogP contribution in [0.1, 0.15) is 0 Å². The first kappa shape index (κ1) is 35.5. The lowest BCUT2D eigenvalue weighted by Crippen LogP contribution is -2.06. The van der Waals surface area contributed by atoms with E-state index in [4.69, 9.17) is 15.0 Å². The van der Waals surface area contributed by atoms with Gasteiger partial charge in [0, 0.05) is 43.8 Å². The SMILES string of the molecule is c1ccc(-c2ccc(-c3nc(-c4ccccc4)nc(-n4c5ccccc5c5cc6c(cc54)c4ccccc4n6-c4c(-c5ccccc5)cccc4-c4ccccc4)n3)cc2)cc1. The van der Waals surface area contributed by atoms with Crippen LogP contribution in [0.5, 0.6) is 0 Å². The number of benzene rings is 9. The molecule has 290 valence electrons. The molecule has 0 radical (unpaired) electrons. The smallest absolute Gasteiger partial charge is 0.238 e. The third kappa shape index (κ3) is 5.90. The molecule has 0 saturated carbocycles. The highest BCUT2D eigenvalue weighted by molar-refractivity contribution is 6.19. The summed E-state index contributed by atoms with van der Waals surface area (Å²) in [5, 5.41) is 4.55. The summed E-state index contributed by atoms with van der Waals surface area (Å²) >= 11 is 0. The number of aromatic nitrogens is 5. The van der Waals surface area contributed by atoms with E-state index in [1.165, 1.54) is 27.6 Å². The fourth-order valence-corrected chi connectivity index (χ4v) is 9.13. The predicted octanol–water partition coefficient (Wildman–Crippen LogP) is 14.4. The second kappa shape index (κ2) is 14.7.